The summed E-state index contributed by atoms with van der Waals surface area (Å²) in [5, 5.41) is 3.22. The molecular formula is C8H13NO2. The predicted octanol–water partition coefficient (Wildman–Crippen LogP) is 0.444. The molecule has 1 saturated carbocycles. The lowest BCUT2D eigenvalue weighted by Crippen LogP contribution is -2.32. The van der Waals surface area contributed by atoms with Crippen LogP contribution in [0.4, 0.5) is 0 Å². The van der Waals surface area contributed by atoms with Gasteiger partial charge in [0, 0.05) is 6.04 Å². The number of hydrogen-bond donors (Lipinski definition) is 1. The van der Waals surface area contributed by atoms with Crippen LogP contribution in [-0.4, -0.2) is 24.7 Å². The molecule has 2 rings (SSSR count). The van der Waals surface area contributed by atoms with Crippen LogP contribution in [-0.2, 0) is 9.53 Å². The average Bonchev–Trinajstić information content (AvgIpc) is 2.78. The van der Waals surface area contributed by atoms with Gasteiger partial charge in [0.15, 0.2) is 0 Å². The van der Waals surface area contributed by atoms with Crippen molar-refractivity contribution in [1.29, 1.82) is 0 Å². The van der Waals surface area contributed by atoms with Crippen molar-refractivity contribution in [3.63, 3.8) is 0 Å². The summed E-state index contributed by atoms with van der Waals surface area (Å²) in [4.78, 5) is 11.2. The summed E-state index contributed by atoms with van der Waals surface area (Å²) >= 11 is 0. The summed E-state index contributed by atoms with van der Waals surface area (Å²) in [6.07, 6.45) is 4.49. The minimum absolute atomic E-state index is 0.0674. The molecule has 62 valence electrons. The molecule has 11 heavy (non-hydrogen) atoms. The monoisotopic (exact) mass is 155 g/mol. The number of carbonyl (C=O) groups excluding carboxylic acids is 1. The van der Waals surface area contributed by atoms with E-state index in [1.54, 1.807) is 0 Å². The molecule has 0 aromatic rings. The van der Waals surface area contributed by atoms with E-state index in [0.717, 1.165) is 19.3 Å². The van der Waals surface area contributed by atoms with Gasteiger partial charge in [0.05, 0.1) is 7.11 Å². The fourth-order valence-corrected chi connectivity index (χ4v) is 2.07. The lowest BCUT2D eigenvalue weighted by molar-refractivity contribution is -0.144. The van der Waals surface area contributed by atoms with Crippen LogP contribution in [0.25, 0.3) is 0 Å². The Kier molecular flexibility index (Phi) is 1.42. The maximum absolute atomic E-state index is 11.2. The molecule has 1 N–H and O–H groups in total. The predicted molar refractivity (Wildman–Crippen MR) is 40.1 cm³/mol. The molecule has 1 aliphatic heterocycles. The number of carbonyl (C=O) groups is 1. The van der Waals surface area contributed by atoms with E-state index in [1.165, 1.54) is 13.5 Å². The van der Waals surface area contributed by atoms with Crippen LogP contribution in [0.2, 0.25) is 0 Å². The van der Waals surface area contributed by atoms with Crippen LogP contribution in [0.5, 0.6) is 0 Å². The van der Waals surface area contributed by atoms with E-state index >= 15 is 0 Å². The van der Waals surface area contributed by atoms with E-state index < -0.39 is 0 Å². The van der Waals surface area contributed by atoms with Gasteiger partial charge in [-0.2, -0.15) is 0 Å². The first-order valence-electron chi connectivity index (χ1n) is 4.16. The summed E-state index contributed by atoms with van der Waals surface area (Å²) in [7, 11) is 1.46. The summed E-state index contributed by atoms with van der Waals surface area (Å²) in [5.41, 5.74) is -0.257. The van der Waals surface area contributed by atoms with Crippen LogP contribution >= 0.6 is 0 Å². The van der Waals surface area contributed by atoms with Crippen molar-refractivity contribution in [2.24, 2.45) is 0 Å². The number of fused-ring (bicyclic) bond motifs is 1. The van der Waals surface area contributed by atoms with Crippen molar-refractivity contribution in [3.8, 4) is 0 Å². The highest BCUT2D eigenvalue weighted by Gasteiger charge is 2.61. The topological polar surface area (TPSA) is 48.2 Å². The van der Waals surface area contributed by atoms with Gasteiger partial charge in [-0.05, 0) is 12.8 Å². The molecule has 2 aliphatic rings. The minimum atomic E-state index is -0.257. The zero-order valence-corrected chi connectivity index (χ0v) is 6.72. The molecule has 0 unspecified atom stereocenters. The van der Waals surface area contributed by atoms with Crippen LogP contribution in [0.15, 0.2) is 0 Å². The second kappa shape index (κ2) is 2.21. The van der Waals surface area contributed by atoms with Crippen molar-refractivity contribution >= 4 is 5.97 Å². The zero-order chi connectivity index (χ0) is 7.90. The summed E-state index contributed by atoms with van der Waals surface area (Å²) in [6, 6.07) is 0.420. The molecule has 1 aliphatic carbocycles. The molecule has 0 aromatic carbocycles. The highest BCUT2D eigenvalue weighted by molar-refractivity contribution is 5.86. The Labute approximate surface area is 66.1 Å². The third-order valence-electron chi connectivity index (χ3n) is 2.81. The first-order valence-corrected chi connectivity index (χ1v) is 4.16. The first kappa shape index (κ1) is 7.10. The molecule has 2 atom stereocenters. The van der Waals surface area contributed by atoms with Gasteiger partial charge >= 0.3 is 5.97 Å². The fourth-order valence-electron chi connectivity index (χ4n) is 2.07. The second-order valence-corrected chi connectivity index (χ2v) is 3.41. The largest absolute Gasteiger partial charge is 0.468 e. The Hall–Kier alpha value is -0.570. The number of hydrogen-bond acceptors (Lipinski definition) is 3. The van der Waals surface area contributed by atoms with Crippen molar-refractivity contribution in [1.82, 2.24) is 5.32 Å². The van der Waals surface area contributed by atoms with E-state index in [2.05, 4.69) is 5.32 Å². The number of methoxy groups -OCH3 is 1. The first-order chi connectivity index (χ1) is 5.29. The van der Waals surface area contributed by atoms with Gasteiger partial charge < -0.3 is 4.74 Å². The molecule has 1 saturated heterocycles. The molecule has 3 heteroatoms. The highest BCUT2D eigenvalue weighted by atomic mass is 16.5. The van der Waals surface area contributed by atoms with Crippen molar-refractivity contribution in [2.75, 3.05) is 7.11 Å². The van der Waals surface area contributed by atoms with E-state index in [-0.39, 0.29) is 11.5 Å². The number of nitrogens with one attached hydrogen (secondary N) is 1. The van der Waals surface area contributed by atoms with Crippen molar-refractivity contribution in [3.05, 3.63) is 0 Å². The van der Waals surface area contributed by atoms with Gasteiger partial charge in [-0.1, -0.05) is 12.8 Å². The molecule has 2 fully saturated rings. The Balaban J connectivity index is 2.07. The van der Waals surface area contributed by atoms with Crippen LogP contribution in [0.1, 0.15) is 25.7 Å². The molecular weight excluding hydrogens is 142 g/mol. The Morgan fingerprint density at radius 2 is 2.45 bits per heavy atom. The maximum atomic E-state index is 11.2. The van der Waals surface area contributed by atoms with E-state index in [0.29, 0.717) is 6.04 Å². The summed E-state index contributed by atoms with van der Waals surface area (Å²) in [6.45, 7) is 0. The summed E-state index contributed by atoms with van der Waals surface area (Å²) < 4.78 is 4.73. The SMILES string of the molecule is COC(=O)[C@@]12CCCC[C@H]1N2. The van der Waals surface area contributed by atoms with E-state index in [4.69, 9.17) is 4.74 Å². The van der Waals surface area contributed by atoms with Gasteiger partial charge in [-0.25, -0.2) is 4.79 Å². The van der Waals surface area contributed by atoms with E-state index in [1.807, 2.05) is 0 Å². The average molecular weight is 155 g/mol. The third-order valence-corrected chi connectivity index (χ3v) is 2.81. The molecule has 0 aromatic heterocycles. The van der Waals surface area contributed by atoms with Crippen molar-refractivity contribution in [2.45, 2.75) is 37.3 Å². The van der Waals surface area contributed by atoms with Crippen LogP contribution < -0.4 is 5.32 Å². The van der Waals surface area contributed by atoms with Crippen LogP contribution in [0, 0.1) is 0 Å². The molecule has 0 amide bonds. The molecule has 0 radical (unpaired) electrons. The third kappa shape index (κ3) is 0.872. The fraction of sp³-hybridized carbons (Fsp3) is 0.875. The number of ether oxygens (including phenoxy) is 1. The molecule has 3 nitrogen and oxygen atoms in total. The highest BCUT2D eigenvalue weighted by Crippen LogP contribution is 2.40. The number of rotatable bonds is 1. The summed E-state index contributed by atoms with van der Waals surface area (Å²) in [5.74, 6) is -0.0674. The maximum Gasteiger partial charge on any atom is 0.327 e. The second-order valence-electron chi connectivity index (χ2n) is 3.41. The molecule has 0 spiro atoms. The molecule has 1 heterocycles. The standard InChI is InChI=1S/C8H13NO2/c1-11-7(10)8-5-3-2-4-6(8)9-8/h6,9H,2-5H2,1H3/t6-,8-/m1/s1. The lowest BCUT2D eigenvalue weighted by Gasteiger charge is -2.16. The molecule has 0 bridgehead atoms. The van der Waals surface area contributed by atoms with Gasteiger partial charge in [0.2, 0.25) is 0 Å². The quantitative estimate of drug-likeness (QED) is 0.441. The lowest BCUT2D eigenvalue weighted by atomic mass is 9.89. The van der Waals surface area contributed by atoms with Gasteiger partial charge in [0.25, 0.3) is 0 Å². The smallest absolute Gasteiger partial charge is 0.327 e. The van der Waals surface area contributed by atoms with Crippen molar-refractivity contribution < 1.29 is 9.53 Å². The minimum Gasteiger partial charge on any atom is -0.468 e. The Morgan fingerprint density at radius 1 is 1.64 bits per heavy atom. The Morgan fingerprint density at radius 3 is 3.09 bits per heavy atom. The van der Waals surface area contributed by atoms with Gasteiger partial charge in [-0.15, -0.1) is 0 Å². The number of esters is 1. The zero-order valence-electron chi connectivity index (χ0n) is 6.72. The Bertz CT molecular complexity index is 193. The van der Waals surface area contributed by atoms with Gasteiger partial charge in [-0.3, -0.25) is 5.32 Å². The van der Waals surface area contributed by atoms with Crippen LogP contribution in [0.3, 0.4) is 0 Å². The van der Waals surface area contributed by atoms with E-state index in [9.17, 15) is 4.79 Å². The normalized spacial score (nSPS) is 41.0. The van der Waals surface area contributed by atoms with Gasteiger partial charge in [0.1, 0.15) is 5.54 Å².